The number of non-ortho nitro benzene ring substituents is 1. The Balaban J connectivity index is 1.56. The van der Waals surface area contributed by atoms with Gasteiger partial charge in [-0.2, -0.15) is 0 Å². The molecule has 0 aliphatic carbocycles. The average Bonchev–Trinajstić information content (AvgIpc) is 3.45. The molecule has 5 rings (SSSR count). The minimum absolute atomic E-state index is 0.0181. The molecule has 0 saturated carbocycles. The fourth-order valence-corrected chi connectivity index (χ4v) is 4.30. The molecule has 2 aromatic carbocycles. The van der Waals surface area contributed by atoms with Crippen molar-refractivity contribution in [3.05, 3.63) is 107 Å². The van der Waals surface area contributed by atoms with E-state index in [0.29, 0.717) is 16.6 Å². The number of nitrogens with zero attached hydrogens (tertiary/aromatic N) is 3. The van der Waals surface area contributed by atoms with Crippen molar-refractivity contribution >= 4 is 28.7 Å². The fraction of sp³-hybridized carbons (Fsp3) is 0.0833. The van der Waals surface area contributed by atoms with Crippen LogP contribution in [0.1, 0.15) is 23.5 Å². The molecule has 0 amide bonds. The summed E-state index contributed by atoms with van der Waals surface area (Å²) in [5.41, 5.74) is 2.34. The molecule has 0 bridgehead atoms. The van der Waals surface area contributed by atoms with E-state index in [1.165, 1.54) is 12.1 Å². The zero-order valence-electron chi connectivity index (χ0n) is 17.2. The third-order valence-electron chi connectivity index (χ3n) is 5.51. The van der Waals surface area contributed by atoms with Crippen molar-refractivity contribution in [2.24, 2.45) is 0 Å². The third-order valence-corrected chi connectivity index (χ3v) is 5.82. The van der Waals surface area contributed by atoms with Crippen LogP contribution in [0.4, 0.5) is 11.4 Å². The van der Waals surface area contributed by atoms with Crippen molar-refractivity contribution in [1.82, 2.24) is 10.3 Å². The maximum Gasteiger partial charge on any atom is 0.269 e. The Bertz CT molecular complexity index is 1310. The SMILES string of the molecule is O=[N+]([O-])c1ccc(-c2ccc([C@@H]3[C@H](c4ccccn4)NC(=S)N3c3ccc(O)cc3)o2)cc1. The lowest BCUT2D eigenvalue weighted by molar-refractivity contribution is -0.384. The Hall–Kier alpha value is -4.24. The summed E-state index contributed by atoms with van der Waals surface area (Å²) in [7, 11) is 0. The number of aromatic hydroxyl groups is 1. The zero-order chi connectivity index (χ0) is 22.9. The first-order chi connectivity index (χ1) is 16.0. The van der Waals surface area contributed by atoms with Crippen molar-refractivity contribution in [3.8, 4) is 17.1 Å². The number of nitrogens with one attached hydrogen (secondary N) is 1. The van der Waals surface area contributed by atoms with Crippen LogP contribution in [-0.4, -0.2) is 20.1 Å². The fourth-order valence-electron chi connectivity index (χ4n) is 3.95. The standard InChI is InChI=1S/C24H18N4O4S/c29-18-10-8-16(9-11-18)27-23(22(26-24(27)33)19-3-1-2-14-25-19)21-13-12-20(32-21)15-4-6-17(7-5-15)28(30)31/h1-14,22-23,29H,(H,26,33)/t22-,23+/m0/s1. The molecule has 3 heterocycles. The number of phenolic OH excluding ortho intramolecular Hbond substituents is 1. The van der Waals surface area contributed by atoms with E-state index < -0.39 is 4.92 Å². The molecule has 2 N–H and O–H groups in total. The van der Waals surface area contributed by atoms with Crippen molar-refractivity contribution < 1.29 is 14.4 Å². The molecule has 2 aromatic heterocycles. The largest absolute Gasteiger partial charge is 0.508 e. The van der Waals surface area contributed by atoms with Crippen molar-refractivity contribution in [2.75, 3.05) is 4.90 Å². The Kier molecular flexibility index (Phi) is 5.23. The number of rotatable bonds is 5. The number of anilines is 1. The van der Waals surface area contributed by atoms with Gasteiger partial charge in [0.2, 0.25) is 0 Å². The molecule has 1 aliphatic heterocycles. The quantitative estimate of drug-likeness (QED) is 0.241. The first kappa shape index (κ1) is 20.7. The number of thiocarbonyl (C=S) groups is 1. The number of furan rings is 1. The number of nitro groups is 1. The number of hydrogen-bond acceptors (Lipinski definition) is 6. The Morgan fingerprint density at radius 2 is 1.79 bits per heavy atom. The van der Waals surface area contributed by atoms with Gasteiger partial charge in [-0.15, -0.1) is 0 Å². The minimum Gasteiger partial charge on any atom is -0.508 e. The lowest BCUT2D eigenvalue weighted by Gasteiger charge is -2.26. The molecule has 8 nitrogen and oxygen atoms in total. The summed E-state index contributed by atoms with van der Waals surface area (Å²) < 4.78 is 6.24. The highest BCUT2D eigenvalue weighted by Crippen LogP contribution is 2.43. The van der Waals surface area contributed by atoms with Crippen LogP contribution in [0.25, 0.3) is 11.3 Å². The molecule has 0 radical (unpaired) electrons. The number of nitro benzene ring substituents is 1. The molecule has 164 valence electrons. The van der Waals surface area contributed by atoms with Crippen molar-refractivity contribution in [2.45, 2.75) is 12.1 Å². The molecule has 1 aliphatic rings. The maximum atomic E-state index is 11.0. The van der Waals surface area contributed by atoms with Gasteiger partial charge in [0.05, 0.1) is 16.7 Å². The van der Waals surface area contributed by atoms with Gasteiger partial charge in [-0.1, -0.05) is 6.07 Å². The second-order valence-electron chi connectivity index (χ2n) is 7.52. The summed E-state index contributed by atoms with van der Waals surface area (Å²) in [6, 6.07) is 21.8. The van der Waals surface area contributed by atoms with Crippen molar-refractivity contribution in [3.63, 3.8) is 0 Å². The molecule has 1 saturated heterocycles. The number of pyridine rings is 1. The summed E-state index contributed by atoms with van der Waals surface area (Å²) >= 11 is 5.67. The van der Waals surface area contributed by atoms with E-state index in [0.717, 1.165) is 16.9 Å². The Labute approximate surface area is 194 Å². The molecule has 9 heteroatoms. The van der Waals surface area contributed by atoms with E-state index in [-0.39, 0.29) is 23.5 Å². The van der Waals surface area contributed by atoms with E-state index in [1.54, 1.807) is 42.6 Å². The molecule has 0 unspecified atom stereocenters. The third kappa shape index (κ3) is 3.90. The Morgan fingerprint density at radius 3 is 2.45 bits per heavy atom. The van der Waals surface area contributed by atoms with Gasteiger partial charge < -0.3 is 19.7 Å². The van der Waals surface area contributed by atoms with Gasteiger partial charge in [0, 0.05) is 29.6 Å². The maximum absolute atomic E-state index is 11.0. The van der Waals surface area contributed by atoms with Gasteiger partial charge >= 0.3 is 0 Å². The van der Waals surface area contributed by atoms with Gasteiger partial charge in [-0.25, -0.2) is 0 Å². The van der Waals surface area contributed by atoms with Crippen LogP contribution >= 0.6 is 12.2 Å². The van der Waals surface area contributed by atoms with Crippen LogP contribution in [0.5, 0.6) is 5.75 Å². The Morgan fingerprint density at radius 1 is 1.03 bits per heavy atom. The van der Waals surface area contributed by atoms with Crippen LogP contribution in [0.3, 0.4) is 0 Å². The van der Waals surface area contributed by atoms with Gasteiger partial charge in [0.15, 0.2) is 5.11 Å². The van der Waals surface area contributed by atoms with Crippen LogP contribution in [0, 0.1) is 10.1 Å². The minimum atomic E-state index is -0.435. The van der Waals surface area contributed by atoms with Gasteiger partial charge in [-0.3, -0.25) is 15.1 Å². The first-order valence-electron chi connectivity index (χ1n) is 10.2. The van der Waals surface area contributed by atoms with Crippen LogP contribution in [0.15, 0.2) is 89.5 Å². The molecular weight excluding hydrogens is 440 g/mol. The topological polar surface area (TPSA) is 105 Å². The molecule has 33 heavy (non-hydrogen) atoms. The highest BCUT2D eigenvalue weighted by molar-refractivity contribution is 7.80. The normalized spacial score (nSPS) is 17.7. The molecule has 2 atom stereocenters. The van der Waals surface area contributed by atoms with E-state index in [2.05, 4.69) is 10.3 Å². The summed E-state index contributed by atoms with van der Waals surface area (Å²) in [4.78, 5) is 17.0. The van der Waals surface area contributed by atoms with Crippen LogP contribution in [0.2, 0.25) is 0 Å². The summed E-state index contributed by atoms with van der Waals surface area (Å²) in [6.45, 7) is 0. The van der Waals surface area contributed by atoms with Gasteiger partial charge in [0.1, 0.15) is 23.3 Å². The molecule has 0 spiro atoms. The van der Waals surface area contributed by atoms with Crippen LogP contribution < -0.4 is 10.2 Å². The van der Waals surface area contributed by atoms with Gasteiger partial charge in [0.25, 0.3) is 5.69 Å². The lowest BCUT2D eigenvalue weighted by atomic mass is 10.0. The summed E-state index contributed by atoms with van der Waals surface area (Å²) in [6.07, 6.45) is 1.73. The average molecular weight is 458 g/mol. The predicted molar refractivity (Wildman–Crippen MR) is 127 cm³/mol. The zero-order valence-corrected chi connectivity index (χ0v) is 18.0. The second kappa shape index (κ2) is 8.36. The second-order valence-corrected chi connectivity index (χ2v) is 7.91. The summed E-state index contributed by atoms with van der Waals surface area (Å²) in [5, 5.41) is 24.5. The monoisotopic (exact) mass is 458 g/mol. The highest BCUT2D eigenvalue weighted by atomic mass is 32.1. The number of hydrogen-bond donors (Lipinski definition) is 2. The van der Waals surface area contributed by atoms with E-state index in [1.807, 2.05) is 35.2 Å². The van der Waals surface area contributed by atoms with Gasteiger partial charge in [-0.05, 0) is 72.9 Å². The number of benzene rings is 2. The summed E-state index contributed by atoms with van der Waals surface area (Å²) in [5.74, 6) is 1.40. The highest BCUT2D eigenvalue weighted by Gasteiger charge is 2.42. The predicted octanol–water partition coefficient (Wildman–Crippen LogP) is 5.13. The first-order valence-corrected chi connectivity index (χ1v) is 10.6. The van der Waals surface area contributed by atoms with E-state index in [4.69, 9.17) is 16.6 Å². The van der Waals surface area contributed by atoms with Crippen molar-refractivity contribution in [1.29, 1.82) is 0 Å². The van der Waals surface area contributed by atoms with E-state index in [9.17, 15) is 15.2 Å². The van der Waals surface area contributed by atoms with Crippen LogP contribution in [-0.2, 0) is 0 Å². The molecule has 1 fully saturated rings. The number of aromatic nitrogens is 1. The van der Waals surface area contributed by atoms with E-state index >= 15 is 0 Å². The smallest absolute Gasteiger partial charge is 0.269 e. The number of phenols is 1. The molecule has 4 aromatic rings. The molecular formula is C24H18N4O4S. The lowest BCUT2D eigenvalue weighted by Crippen LogP contribution is -2.29.